The van der Waals surface area contributed by atoms with Crippen molar-refractivity contribution in [1.29, 1.82) is 0 Å². The number of benzene rings is 1. The molecule has 0 amide bonds. The number of aryl methyl sites for hydroxylation is 1. The van der Waals surface area contributed by atoms with E-state index in [4.69, 9.17) is 4.74 Å². The summed E-state index contributed by atoms with van der Waals surface area (Å²) in [5.41, 5.74) is 3.02. The van der Waals surface area contributed by atoms with Gasteiger partial charge in [0.1, 0.15) is 5.75 Å². The smallest absolute Gasteiger partial charge is 0.119 e. The molecule has 0 aromatic heterocycles. The number of rotatable bonds is 4. The minimum absolute atomic E-state index is 0. The molecule has 0 heterocycles. The van der Waals surface area contributed by atoms with Crippen LogP contribution in [0, 0.1) is 5.92 Å². The zero-order valence-corrected chi connectivity index (χ0v) is 12.4. The molecule has 0 N–H and O–H groups in total. The van der Waals surface area contributed by atoms with E-state index >= 15 is 0 Å². The van der Waals surface area contributed by atoms with Crippen molar-refractivity contribution >= 4 is 12.4 Å². The van der Waals surface area contributed by atoms with E-state index in [-0.39, 0.29) is 12.4 Å². The maximum Gasteiger partial charge on any atom is 0.119 e. The second-order valence-electron chi connectivity index (χ2n) is 5.34. The Morgan fingerprint density at radius 1 is 1.28 bits per heavy atom. The molecule has 0 saturated heterocycles. The highest BCUT2D eigenvalue weighted by molar-refractivity contribution is 5.85. The Labute approximate surface area is 117 Å². The van der Waals surface area contributed by atoms with Crippen LogP contribution in [-0.2, 0) is 12.8 Å². The van der Waals surface area contributed by atoms with E-state index < -0.39 is 0 Å². The van der Waals surface area contributed by atoms with Gasteiger partial charge in [-0.15, -0.1) is 12.4 Å². The van der Waals surface area contributed by atoms with Crippen molar-refractivity contribution in [2.75, 3.05) is 27.7 Å². The molecule has 0 spiro atoms. The maximum absolute atomic E-state index is 5.28. The summed E-state index contributed by atoms with van der Waals surface area (Å²) >= 11 is 0. The van der Waals surface area contributed by atoms with Gasteiger partial charge in [-0.05, 0) is 75.5 Å². The summed E-state index contributed by atoms with van der Waals surface area (Å²) in [6.45, 7) is 1.20. The highest BCUT2D eigenvalue weighted by Crippen LogP contribution is 2.30. The van der Waals surface area contributed by atoms with Crippen LogP contribution in [-0.4, -0.2) is 32.6 Å². The fraction of sp³-hybridized carbons (Fsp3) is 0.600. The average Bonchev–Trinajstić information content (AvgIpc) is 2.35. The fourth-order valence-electron chi connectivity index (χ4n) is 2.62. The first-order chi connectivity index (χ1) is 8.19. The summed E-state index contributed by atoms with van der Waals surface area (Å²) in [5.74, 6) is 1.86. The predicted octanol–water partition coefficient (Wildman–Crippen LogP) is 3.17. The number of ether oxygens (including phenoxy) is 1. The third-order valence-electron chi connectivity index (χ3n) is 3.73. The molecule has 1 aromatic carbocycles. The summed E-state index contributed by atoms with van der Waals surface area (Å²) in [5, 5.41) is 0. The van der Waals surface area contributed by atoms with Gasteiger partial charge in [0.15, 0.2) is 0 Å². The molecule has 2 nitrogen and oxygen atoms in total. The fourth-order valence-corrected chi connectivity index (χ4v) is 2.62. The Kier molecular flexibility index (Phi) is 5.97. The third kappa shape index (κ3) is 3.89. The molecule has 18 heavy (non-hydrogen) atoms. The largest absolute Gasteiger partial charge is 0.497 e. The molecule has 102 valence electrons. The summed E-state index contributed by atoms with van der Waals surface area (Å²) in [7, 11) is 6.05. The van der Waals surface area contributed by atoms with Crippen molar-refractivity contribution in [2.24, 2.45) is 5.92 Å². The highest BCUT2D eigenvalue weighted by atomic mass is 35.5. The van der Waals surface area contributed by atoms with Gasteiger partial charge in [-0.1, -0.05) is 6.07 Å². The lowest BCUT2D eigenvalue weighted by Gasteiger charge is -2.26. The topological polar surface area (TPSA) is 12.5 Å². The SMILES string of the molecule is COc1ccc2c(c1)CCC(CCN(C)C)C2.Cl. The van der Waals surface area contributed by atoms with E-state index in [0.717, 1.165) is 11.7 Å². The average molecular weight is 270 g/mol. The zero-order chi connectivity index (χ0) is 12.3. The van der Waals surface area contributed by atoms with E-state index in [1.165, 1.54) is 43.4 Å². The van der Waals surface area contributed by atoms with Gasteiger partial charge in [0.05, 0.1) is 7.11 Å². The van der Waals surface area contributed by atoms with Crippen molar-refractivity contribution < 1.29 is 4.74 Å². The van der Waals surface area contributed by atoms with Gasteiger partial charge in [0, 0.05) is 0 Å². The third-order valence-corrected chi connectivity index (χ3v) is 3.73. The molecule has 1 aliphatic rings. The molecule has 2 rings (SSSR count). The van der Waals surface area contributed by atoms with Crippen LogP contribution in [0.3, 0.4) is 0 Å². The number of fused-ring (bicyclic) bond motifs is 1. The molecule has 1 aromatic rings. The van der Waals surface area contributed by atoms with Crippen LogP contribution in [0.1, 0.15) is 24.0 Å². The van der Waals surface area contributed by atoms with Gasteiger partial charge in [0.2, 0.25) is 0 Å². The minimum Gasteiger partial charge on any atom is -0.497 e. The Morgan fingerprint density at radius 3 is 2.72 bits per heavy atom. The molecule has 0 radical (unpaired) electrons. The number of hydrogen-bond donors (Lipinski definition) is 0. The van der Waals surface area contributed by atoms with E-state index in [9.17, 15) is 0 Å². The van der Waals surface area contributed by atoms with Crippen LogP contribution < -0.4 is 4.74 Å². The van der Waals surface area contributed by atoms with Gasteiger partial charge in [-0.2, -0.15) is 0 Å². The Morgan fingerprint density at radius 2 is 2.06 bits per heavy atom. The summed E-state index contributed by atoms with van der Waals surface area (Å²) in [4.78, 5) is 2.28. The zero-order valence-electron chi connectivity index (χ0n) is 11.6. The van der Waals surface area contributed by atoms with Crippen molar-refractivity contribution in [3.8, 4) is 5.75 Å². The van der Waals surface area contributed by atoms with Gasteiger partial charge < -0.3 is 9.64 Å². The van der Waals surface area contributed by atoms with Crippen LogP contribution in [0.25, 0.3) is 0 Å². The van der Waals surface area contributed by atoms with Crippen molar-refractivity contribution in [3.05, 3.63) is 29.3 Å². The predicted molar refractivity (Wildman–Crippen MR) is 78.9 cm³/mol. The standard InChI is InChI=1S/C15H23NO.ClH/c1-16(2)9-8-12-4-5-14-11-15(17-3)7-6-13(14)10-12;/h6-7,11-12H,4-5,8-10H2,1-3H3;1H. The molecule has 1 unspecified atom stereocenters. The molecule has 3 heteroatoms. The van der Waals surface area contributed by atoms with E-state index in [1.54, 1.807) is 7.11 Å². The molecule has 0 bridgehead atoms. The Balaban J connectivity index is 0.00000162. The quantitative estimate of drug-likeness (QED) is 0.833. The van der Waals surface area contributed by atoms with Gasteiger partial charge in [-0.3, -0.25) is 0 Å². The Hall–Kier alpha value is -0.730. The minimum atomic E-state index is 0. The molecule has 1 aliphatic carbocycles. The van der Waals surface area contributed by atoms with Crippen LogP contribution in [0.15, 0.2) is 18.2 Å². The second kappa shape index (κ2) is 7.01. The van der Waals surface area contributed by atoms with Crippen LogP contribution in [0.4, 0.5) is 0 Å². The lowest BCUT2D eigenvalue weighted by molar-refractivity contribution is 0.330. The van der Waals surface area contributed by atoms with E-state index in [1.807, 2.05) is 0 Å². The van der Waals surface area contributed by atoms with Gasteiger partial charge in [-0.25, -0.2) is 0 Å². The van der Waals surface area contributed by atoms with Gasteiger partial charge in [0.25, 0.3) is 0 Å². The van der Waals surface area contributed by atoms with Crippen molar-refractivity contribution in [1.82, 2.24) is 4.90 Å². The van der Waals surface area contributed by atoms with Crippen molar-refractivity contribution in [2.45, 2.75) is 25.7 Å². The molecule has 0 aliphatic heterocycles. The lowest BCUT2D eigenvalue weighted by atomic mass is 9.82. The first-order valence-electron chi connectivity index (χ1n) is 6.49. The van der Waals surface area contributed by atoms with Crippen molar-refractivity contribution in [3.63, 3.8) is 0 Å². The molecule has 0 saturated carbocycles. The van der Waals surface area contributed by atoms with E-state index in [0.29, 0.717) is 0 Å². The van der Waals surface area contributed by atoms with Crippen LogP contribution >= 0.6 is 12.4 Å². The monoisotopic (exact) mass is 269 g/mol. The molecular weight excluding hydrogens is 246 g/mol. The summed E-state index contributed by atoms with van der Waals surface area (Å²) in [6.07, 6.45) is 5.10. The van der Waals surface area contributed by atoms with E-state index in [2.05, 4.69) is 37.2 Å². The number of halogens is 1. The maximum atomic E-state index is 5.28. The number of nitrogens with zero attached hydrogens (tertiary/aromatic N) is 1. The normalized spacial score (nSPS) is 18.1. The summed E-state index contributed by atoms with van der Waals surface area (Å²) < 4.78 is 5.28. The molecule has 1 atom stereocenters. The first kappa shape index (κ1) is 15.3. The van der Waals surface area contributed by atoms with Crippen LogP contribution in [0.5, 0.6) is 5.75 Å². The number of hydrogen-bond acceptors (Lipinski definition) is 2. The summed E-state index contributed by atoms with van der Waals surface area (Å²) in [6, 6.07) is 6.54. The molecule has 0 fully saturated rings. The lowest BCUT2D eigenvalue weighted by Crippen LogP contribution is -2.21. The Bertz CT molecular complexity index is 379. The second-order valence-corrected chi connectivity index (χ2v) is 5.34. The highest BCUT2D eigenvalue weighted by Gasteiger charge is 2.18. The first-order valence-corrected chi connectivity index (χ1v) is 6.49. The number of methoxy groups -OCH3 is 1. The molecular formula is C15H24ClNO. The van der Waals surface area contributed by atoms with Gasteiger partial charge >= 0.3 is 0 Å². The van der Waals surface area contributed by atoms with Crippen LogP contribution in [0.2, 0.25) is 0 Å².